The predicted molar refractivity (Wildman–Crippen MR) is 91.6 cm³/mol. The number of aromatic nitrogens is 3. The van der Waals surface area contributed by atoms with E-state index in [4.69, 9.17) is 4.52 Å². The van der Waals surface area contributed by atoms with Crippen molar-refractivity contribution in [2.45, 2.75) is 18.8 Å². The van der Waals surface area contributed by atoms with Gasteiger partial charge in [-0.05, 0) is 18.1 Å². The van der Waals surface area contributed by atoms with Crippen LogP contribution in [0, 0.1) is 0 Å². The third-order valence-corrected chi connectivity index (χ3v) is 4.44. The highest BCUT2D eigenvalue weighted by molar-refractivity contribution is 5.79. The van der Waals surface area contributed by atoms with Gasteiger partial charge in [0, 0.05) is 31.0 Å². The summed E-state index contributed by atoms with van der Waals surface area (Å²) in [6.07, 6.45) is 4.66. The van der Waals surface area contributed by atoms with E-state index in [9.17, 15) is 4.79 Å². The lowest BCUT2D eigenvalue weighted by Crippen LogP contribution is -2.29. The van der Waals surface area contributed by atoms with Gasteiger partial charge in [0.1, 0.15) is 0 Å². The molecule has 0 radical (unpaired) electrons. The van der Waals surface area contributed by atoms with E-state index >= 15 is 0 Å². The molecule has 126 valence electrons. The Kier molecular flexibility index (Phi) is 4.24. The number of hydrogen-bond donors (Lipinski definition) is 0. The van der Waals surface area contributed by atoms with Gasteiger partial charge in [0.25, 0.3) is 0 Å². The Hall–Kier alpha value is -3.02. The fourth-order valence-corrected chi connectivity index (χ4v) is 3.08. The Morgan fingerprint density at radius 2 is 2.08 bits per heavy atom. The number of rotatable bonds is 4. The van der Waals surface area contributed by atoms with E-state index in [-0.39, 0.29) is 11.8 Å². The molecule has 1 aliphatic heterocycles. The Morgan fingerprint density at radius 3 is 2.88 bits per heavy atom. The first-order chi connectivity index (χ1) is 12.3. The van der Waals surface area contributed by atoms with Crippen molar-refractivity contribution in [3.8, 4) is 11.4 Å². The van der Waals surface area contributed by atoms with Crippen molar-refractivity contribution in [1.82, 2.24) is 20.0 Å². The van der Waals surface area contributed by atoms with Gasteiger partial charge >= 0.3 is 0 Å². The normalized spacial score (nSPS) is 17.0. The first kappa shape index (κ1) is 15.5. The third-order valence-electron chi connectivity index (χ3n) is 4.44. The first-order valence-corrected chi connectivity index (χ1v) is 8.35. The van der Waals surface area contributed by atoms with Crippen LogP contribution in [0.1, 0.15) is 23.8 Å². The van der Waals surface area contributed by atoms with Crippen LogP contribution < -0.4 is 0 Å². The lowest BCUT2D eigenvalue weighted by Gasteiger charge is -2.15. The average Bonchev–Trinajstić information content (AvgIpc) is 3.33. The standard InChI is InChI=1S/C19H18N4O2/c24-17(11-14-5-4-9-20-12-14)23-10-8-16(13-23)19-21-18(22-25-19)15-6-2-1-3-7-15/h1-7,9,12,16H,8,10-11,13H2/t16-/m1/s1. The van der Waals surface area contributed by atoms with Crippen molar-refractivity contribution < 1.29 is 9.32 Å². The number of amides is 1. The molecule has 0 aliphatic carbocycles. The molecule has 0 bridgehead atoms. The van der Waals surface area contributed by atoms with Crippen LogP contribution in [0.25, 0.3) is 11.4 Å². The molecule has 3 aromatic rings. The van der Waals surface area contributed by atoms with Gasteiger partial charge < -0.3 is 9.42 Å². The van der Waals surface area contributed by atoms with Crippen LogP contribution in [0.2, 0.25) is 0 Å². The van der Waals surface area contributed by atoms with Crippen molar-refractivity contribution in [2.75, 3.05) is 13.1 Å². The number of carbonyl (C=O) groups is 1. The quantitative estimate of drug-likeness (QED) is 0.733. The van der Waals surface area contributed by atoms with Gasteiger partial charge in [0.15, 0.2) is 0 Å². The monoisotopic (exact) mass is 334 g/mol. The van der Waals surface area contributed by atoms with Crippen LogP contribution in [-0.4, -0.2) is 39.0 Å². The zero-order valence-electron chi connectivity index (χ0n) is 13.7. The van der Waals surface area contributed by atoms with E-state index in [1.807, 2.05) is 47.4 Å². The fourth-order valence-electron chi connectivity index (χ4n) is 3.08. The summed E-state index contributed by atoms with van der Waals surface area (Å²) in [6, 6.07) is 13.5. The summed E-state index contributed by atoms with van der Waals surface area (Å²) in [5, 5.41) is 4.07. The topological polar surface area (TPSA) is 72.1 Å². The molecule has 6 heteroatoms. The lowest BCUT2D eigenvalue weighted by atomic mass is 10.1. The van der Waals surface area contributed by atoms with Gasteiger partial charge in [-0.1, -0.05) is 41.6 Å². The van der Waals surface area contributed by atoms with E-state index in [0.717, 1.165) is 17.5 Å². The molecule has 6 nitrogen and oxygen atoms in total. The molecule has 1 aliphatic rings. The molecule has 2 aromatic heterocycles. The summed E-state index contributed by atoms with van der Waals surface area (Å²) in [7, 11) is 0. The predicted octanol–water partition coefficient (Wildman–Crippen LogP) is 2.69. The van der Waals surface area contributed by atoms with Crippen LogP contribution in [0.4, 0.5) is 0 Å². The zero-order valence-corrected chi connectivity index (χ0v) is 13.7. The summed E-state index contributed by atoms with van der Waals surface area (Å²) in [4.78, 5) is 22.9. The zero-order chi connectivity index (χ0) is 17.1. The van der Waals surface area contributed by atoms with E-state index in [1.165, 1.54) is 0 Å². The number of pyridine rings is 1. The van der Waals surface area contributed by atoms with Gasteiger partial charge in [0.05, 0.1) is 12.3 Å². The first-order valence-electron chi connectivity index (χ1n) is 8.35. The van der Waals surface area contributed by atoms with Gasteiger partial charge in [-0.3, -0.25) is 9.78 Å². The van der Waals surface area contributed by atoms with Crippen LogP contribution in [0.15, 0.2) is 59.4 Å². The highest BCUT2D eigenvalue weighted by atomic mass is 16.5. The summed E-state index contributed by atoms with van der Waals surface area (Å²) in [5.74, 6) is 1.41. The van der Waals surface area contributed by atoms with Gasteiger partial charge in [-0.15, -0.1) is 0 Å². The van der Waals surface area contributed by atoms with Crippen molar-refractivity contribution in [3.63, 3.8) is 0 Å². The highest BCUT2D eigenvalue weighted by Crippen LogP contribution is 2.28. The van der Waals surface area contributed by atoms with Crippen LogP contribution in [-0.2, 0) is 11.2 Å². The van der Waals surface area contributed by atoms with Crippen molar-refractivity contribution in [3.05, 3.63) is 66.3 Å². The maximum Gasteiger partial charge on any atom is 0.231 e. The Morgan fingerprint density at radius 1 is 1.20 bits per heavy atom. The van der Waals surface area contributed by atoms with Crippen LogP contribution >= 0.6 is 0 Å². The fraction of sp³-hybridized carbons (Fsp3) is 0.263. The molecular weight excluding hydrogens is 316 g/mol. The smallest absolute Gasteiger partial charge is 0.231 e. The summed E-state index contributed by atoms with van der Waals surface area (Å²) < 4.78 is 5.44. The Balaban J connectivity index is 1.41. The van der Waals surface area contributed by atoms with E-state index < -0.39 is 0 Å². The molecule has 25 heavy (non-hydrogen) atoms. The molecule has 1 amide bonds. The molecule has 1 atom stereocenters. The number of benzene rings is 1. The van der Waals surface area contributed by atoms with E-state index in [0.29, 0.717) is 31.2 Å². The summed E-state index contributed by atoms with van der Waals surface area (Å²) >= 11 is 0. The SMILES string of the molecule is O=C(Cc1cccnc1)N1CC[C@@H](c2nc(-c3ccccc3)no2)C1. The molecule has 0 saturated carbocycles. The second-order valence-electron chi connectivity index (χ2n) is 6.19. The van der Waals surface area contributed by atoms with Gasteiger partial charge in [0.2, 0.25) is 17.6 Å². The van der Waals surface area contributed by atoms with Crippen LogP contribution in [0.3, 0.4) is 0 Å². The number of nitrogens with zero attached hydrogens (tertiary/aromatic N) is 4. The second kappa shape index (κ2) is 6.84. The summed E-state index contributed by atoms with van der Waals surface area (Å²) in [6.45, 7) is 1.34. The van der Waals surface area contributed by atoms with Crippen molar-refractivity contribution in [1.29, 1.82) is 0 Å². The number of hydrogen-bond acceptors (Lipinski definition) is 5. The molecule has 1 saturated heterocycles. The van der Waals surface area contributed by atoms with Gasteiger partial charge in [-0.2, -0.15) is 4.98 Å². The average molecular weight is 334 g/mol. The van der Waals surface area contributed by atoms with Crippen LogP contribution in [0.5, 0.6) is 0 Å². The Bertz CT molecular complexity index is 848. The maximum absolute atomic E-state index is 12.4. The Labute approximate surface area is 145 Å². The largest absolute Gasteiger partial charge is 0.342 e. The maximum atomic E-state index is 12.4. The molecule has 0 spiro atoms. The molecule has 1 fully saturated rings. The minimum Gasteiger partial charge on any atom is -0.342 e. The minimum absolute atomic E-state index is 0.0998. The highest BCUT2D eigenvalue weighted by Gasteiger charge is 2.31. The molecule has 3 heterocycles. The molecular formula is C19H18N4O2. The third kappa shape index (κ3) is 3.42. The molecule has 0 N–H and O–H groups in total. The number of carbonyl (C=O) groups excluding carboxylic acids is 1. The van der Waals surface area contributed by atoms with E-state index in [1.54, 1.807) is 12.4 Å². The molecule has 4 rings (SSSR count). The molecule has 1 aromatic carbocycles. The summed E-state index contributed by atoms with van der Waals surface area (Å²) in [5.41, 5.74) is 1.86. The minimum atomic E-state index is 0.0998. The molecule has 0 unspecified atom stereocenters. The van der Waals surface area contributed by atoms with Gasteiger partial charge in [-0.25, -0.2) is 0 Å². The second-order valence-corrected chi connectivity index (χ2v) is 6.19. The number of likely N-dealkylation sites (tertiary alicyclic amines) is 1. The van der Waals surface area contributed by atoms with Crippen molar-refractivity contribution in [2.24, 2.45) is 0 Å². The van der Waals surface area contributed by atoms with Crippen molar-refractivity contribution >= 4 is 5.91 Å². The lowest BCUT2D eigenvalue weighted by molar-refractivity contribution is -0.129. The van der Waals surface area contributed by atoms with E-state index in [2.05, 4.69) is 15.1 Å².